The van der Waals surface area contributed by atoms with Gasteiger partial charge in [0, 0.05) is 16.7 Å². The van der Waals surface area contributed by atoms with Crippen molar-refractivity contribution in [3.8, 4) is 0 Å². The number of benzene rings is 1. The zero-order chi connectivity index (χ0) is 13.8. The third-order valence-corrected chi connectivity index (χ3v) is 3.96. The van der Waals surface area contributed by atoms with Gasteiger partial charge in [-0.25, -0.2) is 0 Å². The van der Waals surface area contributed by atoms with Gasteiger partial charge >= 0.3 is 0 Å². The largest absolute Gasteiger partial charge is 0.410 e. The van der Waals surface area contributed by atoms with Crippen LogP contribution < -0.4 is 5.73 Å². The molecule has 3 N–H and O–H groups in total. The first-order valence-corrected chi connectivity index (χ1v) is 7.46. The molecule has 1 unspecified atom stereocenters. The molecule has 0 saturated carbocycles. The van der Waals surface area contributed by atoms with Gasteiger partial charge in [-0.2, -0.15) is 0 Å². The van der Waals surface area contributed by atoms with Crippen molar-refractivity contribution in [3.05, 3.63) is 40.7 Å². The molecule has 1 aromatic heterocycles. The SMILES string of the molecule is CC(C)C([NH3+])c1nnc(SCc2ccc(Cl)cc2)o1. The van der Waals surface area contributed by atoms with E-state index in [1.807, 2.05) is 24.3 Å². The van der Waals surface area contributed by atoms with Crippen LogP contribution in [0.2, 0.25) is 5.02 Å². The quantitative estimate of drug-likeness (QED) is 0.862. The molecule has 0 aliphatic rings. The Labute approximate surface area is 121 Å². The molecule has 0 fully saturated rings. The summed E-state index contributed by atoms with van der Waals surface area (Å²) in [5, 5.41) is 9.40. The molecule has 19 heavy (non-hydrogen) atoms. The summed E-state index contributed by atoms with van der Waals surface area (Å²) >= 11 is 7.36. The van der Waals surface area contributed by atoms with Crippen molar-refractivity contribution in [3.63, 3.8) is 0 Å². The molecule has 0 saturated heterocycles. The summed E-state index contributed by atoms with van der Waals surface area (Å²) in [4.78, 5) is 0. The van der Waals surface area contributed by atoms with Gasteiger partial charge in [0.1, 0.15) is 0 Å². The van der Waals surface area contributed by atoms with Crippen molar-refractivity contribution in [1.29, 1.82) is 0 Å². The highest BCUT2D eigenvalue weighted by atomic mass is 35.5. The number of hydrogen-bond donors (Lipinski definition) is 1. The monoisotopic (exact) mass is 298 g/mol. The Hall–Kier alpha value is -1.04. The third-order valence-electron chi connectivity index (χ3n) is 2.82. The summed E-state index contributed by atoms with van der Waals surface area (Å²) in [5.41, 5.74) is 5.20. The lowest BCUT2D eigenvalue weighted by Gasteiger charge is -2.05. The molecular weight excluding hydrogens is 282 g/mol. The maximum absolute atomic E-state index is 5.84. The van der Waals surface area contributed by atoms with Crippen molar-refractivity contribution < 1.29 is 10.2 Å². The van der Waals surface area contributed by atoms with Crippen LogP contribution in [0.15, 0.2) is 33.9 Å². The van der Waals surface area contributed by atoms with Crippen molar-refractivity contribution in [2.24, 2.45) is 5.92 Å². The summed E-state index contributed by atoms with van der Waals surface area (Å²) in [6.07, 6.45) is 0. The molecule has 0 bridgehead atoms. The van der Waals surface area contributed by atoms with E-state index in [-0.39, 0.29) is 6.04 Å². The summed E-state index contributed by atoms with van der Waals surface area (Å²) in [7, 11) is 0. The fourth-order valence-corrected chi connectivity index (χ4v) is 2.29. The maximum Gasteiger partial charge on any atom is 0.277 e. The van der Waals surface area contributed by atoms with Crippen LogP contribution in [0, 0.1) is 5.92 Å². The topological polar surface area (TPSA) is 66.6 Å². The molecule has 2 aromatic rings. The fraction of sp³-hybridized carbons (Fsp3) is 0.385. The van der Waals surface area contributed by atoms with Gasteiger partial charge in [0.2, 0.25) is 0 Å². The van der Waals surface area contributed by atoms with Crippen LogP contribution in [-0.4, -0.2) is 10.2 Å². The van der Waals surface area contributed by atoms with Crippen molar-refractivity contribution >= 4 is 23.4 Å². The molecule has 0 amide bonds. The molecule has 0 aliphatic heterocycles. The maximum atomic E-state index is 5.84. The number of thioether (sulfide) groups is 1. The molecule has 1 aromatic carbocycles. The molecular formula is C13H17ClN3OS+. The number of halogens is 1. The van der Waals surface area contributed by atoms with Crippen LogP contribution in [0.25, 0.3) is 0 Å². The highest BCUT2D eigenvalue weighted by Gasteiger charge is 2.21. The second-order valence-corrected chi connectivity index (χ2v) is 6.03. The standard InChI is InChI=1S/C13H16ClN3OS/c1-8(2)11(15)12-16-17-13(18-12)19-7-9-3-5-10(14)6-4-9/h3-6,8,11H,7,15H2,1-2H3/p+1. The molecule has 4 nitrogen and oxygen atoms in total. The minimum Gasteiger partial charge on any atom is -0.410 e. The van der Waals surface area contributed by atoms with Crippen LogP contribution >= 0.6 is 23.4 Å². The third kappa shape index (κ3) is 3.96. The van der Waals surface area contributed by atoms with E-state index in [0.717, 1.165) is 10.8 Å². The van der Waals surface area contributed by atoms with Crippen LogP contribution in [0.4, 0.5) is 0 Å². The normalized spacial score (nSPS) is 12.9. The lowest BCUT2D eigenvalue weighted by molar-refractivity contribution is -0.443. The van der Waals surface area contributed by atoms with Gasteiger partial charge < -0.3 is 10.2 Å². The minimum atomic E-state index is 0.0392. The summed E-state index contributed by atoms with van der Waals surface area (Å²) in [6, 6.07) is 7.77. The van der Waals surface area contributed by atoms with E-state index in [1.54, 1.807) is 0 Å². The highest BCUT2D eigenvalue weighted by molar-refractivity contribution is 7.98. The van der Waals surface area contributed by atoms with Crippen molar-refractivity contribution in [2.45, 2.75) is 30.9 Å². The Morgan fingerprint density at radius 1 is 1.26 bits per heavy atom. The average molecular weight is 299 g/mol. The predicted octanol–water partition coefficient (Wildman–Crippen LogP) is 2.95. The van der Waals surface area contributed by atoms with E-state index in [2.05, 4.69) is 29.8 Å². The summed E-state index contributed by atoms with van der Waals surface area (Å²) in [6.45, 7) is 4.17. The van der Waals surface area contributed by atoms with Gasteiger partial charge in [-0.3, -0.25) is 0 Å². The molecule has 102 valence electrons. The van der Waals surface area contributed by atoms with Crippen LogP contribution in [-0.2, 0) is 5.75 Å². The Morgan fingerprint density at radius 3 is 2.58 bits per heavy atom. The van der Waals surface area contributed by atoms with Crippen LogP contribution in [0.5, 0.6) is 0 Å². The van der Waals surface area contributed by atoms with Gasteiger partial charge in [-0.1, -0.05) is 49.3 Å². The van der Waals surface area contributed by atoms with E-state index >= 15 is 0 Å². The first-order valence-electron chi connectivity index (χ1n) is 6.10. The Morgan fingerprint density at radius 2 is 1.95 bits per heavy atom. The van der Waals surface area contributed by atoms with Gasteiger partial charge in [0.15, 0.2) is 6.04 Å². The Balaban J connectivity index is 1.95. The lowest BCUT2D eigenvalue weighted by Crippen LogP contribution is -2.56. The number of hydrogen-bond acceptors (Lipinski definition) is 4. The lowest BCUT2D eigenvalue weighted by atomic mass is 10.1. The summed E-state index contributed by atoms with van der Waals surface area (Å²) in [5.74, 6) is 1.77. The first-order chi connectivity index (χ1) is 9.06. The average Bonchev–Trinajstić information content (AvgIpc) is 2.86. The van der Waals surface area contributed by atoms with E-state index < -0.39 is 0 Å². The van der Waals surface area contributed by atoms with Crippen molar-refractivity contribution in [1.82, 2.24) is 10.2 Å². The molecule has 2 rings (SSSR count). The zero-order valence-electron chi connectivity index (χ0n) is 11.0. The van der Waals surface area contributed by atoms with E-state index in [4.69, 9.17) is 16.0 Å². The number of rotatable bonds is 5. The molecule has 0 aliphatic carbocycles. The number of nitrogens with zero attached hydrogens (tertiary/aromatic N) is 2. The van der Waals surface area contributed by atoms with Crippen LogP contribution in [0.3, 0.4) is 0 Å². The fourth-order valence-electron chi connectivity index (χ4n) is 1.44. The molecule has 0 radical (unpaired) electrons. The highest BCUT2D eigenvalue weighted by Crippen LogP contribution is 2.24. The zero-order valence-corrected chi connectivity index (χ0v) is 12.5. The predicted molar refractivity (Wildman–Crippen MR) is 75.8 cm³/mol. The second kappa shape index (κ2) is 6.41. The van der Waals surface area contributed by atoms with E-state index in [9.17, 15) is 0 Å². The van der Waals surface area contributed by atoms with Gasteiger partial charge in [-0.15, -0.1) is 10.2 Å². The van der Waals surface area contributed by atoms with E-state index in [1.165, 1.54) is 17.3 Å². The smallest absolute Gasteiger partial charge is 0.277 e. The number of aromatic nitrogens is 2. The number of quaternary nitrogens is 1. The second-order valence-electron chi connectivity index (χ2n) is 4.67. The van der Waals surface area contributed by atoms with E-state index in [0.29, 0.717) is 17.0 Å². The summed E-state index contributed by atoms with van der Waals surface area (Å²) < 4.78 is 5.60. The van der Waals surface area contributed by atoms with Crippen molar-refractivity contribution in [2.75, 3.05) is 0 Å². The molecule has 6 heteroatoms. The van der Waals surface area contributed by atoms with Crippen LogP contribution in [0.1, 0.15) is 31.3 Å². The first kappa shape index (κ1) is 14.4. The molecule has 1 heterocycles. The van der Waals surface area contributed by atoms with Gasteiger partial charge in [-0.05, 0) is 17.7 Å². The van der Waals surface area contributed by atoms with Gasteiger partial charge in [0.25, 0.3) is 11.1 Å². The molecule has 0 spiro atoms. The van der Waals surface area contributed by atoms with Gasteiger partial charge in [0.05, 0.1) is 0 Å². The Bertz CT molecular complexity index is 527. The molecule has 1 atom stereocenters. The minimum absolute atomic E-state index is 0.0392. The Kier molecular flexibility index (Phi) is 4.85.